The van der Waals surface area contributed by atoms with Crippen LogP contribution in [0.5, 0.6) is 0 Å². The summed E-state index contributed by atoms with van der Waals surface area (Å²) in [5.41, 5.74) is 0.000706. The van der Waals surface area contributed by atoms with E-state index in [1.165, 1.54) is 6.92 Å². The highest BCUT2D eigenvalue weighted by molar-refractivity contribution is 5.85. The predicted molar refractivity (Wildman–Crippen MR) is 66.8 cm³/mol. The van der Waals surface area contributed by atoms with Crippen molar-refractivity contribution in [3.63, 3.8) is 0 Å². The molecular weight excluding hydrogens is 220 g/mol. The average Bonchev–Trinajstić information content (AvgIpc) is 2.14. The van der Waals surface area contributed by atoms with E-state index in [1.54, 1.807) is 13.0 Å². The van der Waals surface area contributed by atoms with Crippen molar-refractivity contribution in [2.75, 3.05) is 6.54 Å². The van der Waals surface area contributed by atoms with Crippen molar-refractivity contribution < 1.29 is 14.7 Å². The molecule has 0 aliphatic rings. The second-order valence-corrected chi connectivity index (χ2v) is 5.06. The van der Waals surface area contributed by atoms with Crippen LogP contribution in [-0.2, 0) is 9.59 Å². The van der Waals surface area contributed by atoms with Gasteiger partial charge in [0.15, 0.2) is 0 Å². The van der Waals surface area contributed by atoms with Crippen LogP contribution in [0.25, 0.3) is 0 Å². The Morgan fingerprint density at radius 2 is 1.88 bits per heavy atom. The van der Waals surface area contributed by atoms with Crippen LogP contribution in [0.15, 0.2) is 11.6 Å². The number of nitrogens with one attached hydrogen (secondary N) is 2. The topological polar surface area (TPSA) is 78.4 Å². The van der Waals surface area contributed by atoms with Gasteiger partial charge >= 0.3 is 5.97 Å². The van der Waals surface area contributed by atoms with Gasteiger partial charge in [-0.25, -0.2) is 4.79 Å². The molecule has 0 fully saturated rings. The van der Waals surface area contributed by atoms with E-state index in [1.807, 2.05) is 20.8 Å². The van der Waals surface area contributed by atoms with Gasteiger partial charge < -0.3 is 15.7 Å². The number of hydrogen-bond donors (Lipinski definition) is 3. The maximum atomic E-state index is 11.7. The zero-order valence-corrected chi connectivity index (χ0v) is 11.1. The molecule has 3 N–H and O–H groups in total. The molecule has 0 aromatic heterocycles. The number of carboxylic acids is 1. The number of hydrogen-bond acceptors (Lipinski definition) is 3. The normalized spacial score (nSPS) is 14.3. The maximum absolute atomic E-state index is 11.7. The van der Waals surface area contributed by atoms with Crippen LogP contribution < -0.4 is 10.6 Å². The number of carbonyl (C=O) groups is 2. The summed E-state index contributed by atoms with van der Waals surface area (Å²) in [6.07, 6.45) is 1.54. The molecule has 5 nitrogen and oxygen atoms in total. The minimum Gasteiger partial charge on any atom is -0.478 e. The average molecular weight is 242 g/mol. The molecule has 0 radical (unpaired) electrons. The minimum absolute atomic E-state index is 0.0983. The maximum Gasteiger partial charge on any atom is 0.330 e. The quantitative estimate of drug-likeness (QED) is 0.626. The number of carbonyl (C=O) groups excluding carboxylic acids is 1. The molecule has 0 spiro atoms. The fourth-order valence-corrected chi connectivity index (χ4v) is 1.05. The van der Waals surface area contributed by atoms with Crippen molar-refractivity contribution in [2.24, 2.45) is 0 Å². The SMILES string of the molecule is C/C(=C/CNC(C)C(=O)NC(C)(C)C)C(=O)O. The highest BCUT2D eigenvalue weighted by atomic mass is 16.4. The van der Waals surface area contributed by atoms with Crippen molar-refractivity contribution in [1.82, 2.24) is 10.6 Å². The zero-order valence-electron chi connectivity index (χ0n) is 11.1. The van der Waals surface area contributed by atoms with Crippen LogP contribution in [-0.4, -0.2) is 35.1 Å². The lowest BCUT2D eigenvalue weighted by Gasteiger charge is -2.23. The molecule has 5 heteroatoms. The van der Waals surface area contributed by atoms with Crippen LogP contribution in [0.1, 0.15) is 34.6 Å². The van der Waals surface area contributed by atoms with Gasteiger partial charge in [-0.3, -0.25) is 4.79 Å². The van der Waals surface area contributed by atoms with E-state index in [4.69, 9.17) is 5.11 Å². The van der Waals surface area contributed by atoms with E-state index in [9.17, 15) is 9.59 Å². The summed E-state index contributed by atoms with van der Waals surface area (Å²) in [4.78, 5) is 22.2. The fourth-order valence-electron chi connectivity index (χ4n) is 1.05. The molecule has 1 amide bonds. The third kappa shape index (κ3) is 7.52. The van der Waals surface area contributed by atoms with Crippen LogP contribution in [0, 0.1) is 0 Å². The highest BCUT2D eigenvalue weighted by Crippen LogP contribution is 1.99. The third-order valence-corrected chi connectivity index (χ3v) is 2.06. The Labute approximate surface area is 102 Å². The van der Waals surface area contributed by atoms with Crippen molar-refractivity contribution >= 4 is 11.9 Å². The molecule has 1 unspecified atom stereocenters. The molecule has 0 aliphatic carbocycles. The lowest BCUT2D eigenvalue weighted by Crippen LogP contribution is -2.49. The summed E-state index contributed by atoms with van der Waals surface area (Å²) in [5.74, 6) is -1.04. The molecule has 0 saturated carbocycles. The van der Waals surface area contributed by atoms with E-state index in [-0.39, 0.29) is 23.1 Å². The van der Waals surface area contributed by atoms with Gasteiger partial charge in [0, 0.05) is 17.7 Å². The van der Waals surface area contributed by atoms with Crippen molar-refractivity contribution in [3.8, 4) is 0 Å². The Balaban J connectivity index is 4.11. The van der Waals surface area contributed by atoms with Gasteiger partial charge in [-0.1, -0.05) is 6.08 Å². The smallest absolute Gasteiger partial charge is 0.330 e. The molecule has 0 bridgehead atoms. The Morgan fingerprint density at radius 1 is 1.35 bits per heavy atom. The first-order valence-electron chi connectivity index (χ1n) is 5.59. The molecule has 0 saturated heterocycles. The Kier molecular flexibility index (Phi) is 5.88. The largest absolute Gasteiger partial charge is 0.478 e. The van der Waals surface area contributed by atoms with Gasteiger partial charge in [-0.05, 0) is 34.6 Å². The molecule has 0 rings (SSSR count). The van der Waals surface area contributed by atoms with E-state index < -0.39 is 5.97 Å². The van der Waals surface area contributed by atoms with Gasteiger partial charge in [0.1, 0.15) is 0 Å². The molecule has 0 aromatic carbocycles. The third-order valence-electron chi connectivity index (χ3n) is 2.06. The van der Waals surface area contributed by atoms with Gasteiger partial charge in [-0.15, -0.1) is 0 Å². The summed E-state index contributed by atoms with van der Waals surface area (Å²) in [7, 11) is 0. The predicted octanol–water partition coefficient (Wildman–Crippen LogP) is 0.910. The second-order valence-electron chi connectivity index (χ2n) is 5.06. The first-order chi connectivity index (χ1) is 7.63. The van der Waals surface area contributed by atoms with Crippen molar-refractivity contribution in [3.05, 3.63) is 11.6 Å². The summed E-state index contributed by atoms with van der Waals surface area (Å²) in [6.45, 7) is 9.34. The van der Waals surface area contributed by atoms with Gasteiger partial charge in [0.25, 0.3) is 0 Å². The summed E-state index contributed by atoms with van der Waals surface area (Å²) < 4.78 is 0. The Bertz CT molecular complexity index is 316. The van der Waals surface area contributed by atoms with Gasteiger partial charge in [0.05, 0.1) is 6.04 Å². The number of aliphatic carboxylic acids is 1. The van der Waals surface area contributed by atoms with Gasteiger partial charge in [0.2, 0.25) is 5.91 Å². The van der Waals surface area contributed by atoms with E-state index >= 15 is 0 Å². The van der Waals surface area contributed by atoms with Crippen LogP contribution in [0.3, 0.4) is 0 Å². The Morgan fingerprint density at radius 3 is 2.29 bits per heavy atom. The molecular formula is C12H22N2O3. The highest BCUT2D eigenvalue weighted by Gasteiger charge is 2.18. The molecule has 1 atom stereocenters. The summed E-state index contributed by atoms with van der Waals surface area (Å²) >= 11 is 0. The lowest BCUT2D eigenvalue weighted by atomic mass is 10.1. The van der Waals surface area contributed by atoms with E-state index in [2.05, 4.69) is 10.6 Å². The molecule has 98 valence electrons. The first-order valence-corrected chi connectivity index (χ1v) is 5.59. The number of rotatable bonds is 5. The van der Waals surface area contributed by atoms with Crippen LogP contribution in [0.4, 0.5) is 0 Å². The zero-order chi connectivity index (χ0) is 13.6. The molecule has 0 aliphatic heterocycles. The van der Waals surface area contributed by atoms with Crippen molar-refractivity contribution in [1.29, 1.82) is 0 Å². The Hall–Kier alpha value is -1.36. The summed E-state index contributed by atoms with van der Waals surface area (Å²) in [5, 5.41) is 14.4. The van der Waals surface area contributed by atoms with Crippen LogP contribution >= 0.6 is 0 Å². The van der Waals surface area contributed by atoms with Crippen molar-refractivity contribution in [2.45, 2.75) is 46.2 Å². The lowest BCUT2D eigenvalue weighted by molar-refractivity contribution is -0.132. The van der Waals surface area contributed by atoms with Crippen LogP contribution in [0.2, 0.25) is 0 Å². The van der Waals surface area contributed by atoms with E-state index in [0.717, 1.165) is 0 Å². The number of amides is 1. The first kappa shape index (κ1) is 15.6. The number of carboxylic acid groups (broad SMARTS) is 1. The van der Waals surface area contributed by atoms with E-state index in [0.29, 0.717) is 6.54 Å². The summed E-state index contributed by atoms with van der Waals surface area (Å²) in [6, 6.07) is -0.355. The monoisotopic (exact) mass is 242 g/mol. The standard InChI is InChI=1S/C12H22N2O3/c1-8(11(16)17)6-7-13-9(2)10(15)14-12(3,4)5/h6,9,13H,7H2,1-5H3,(H,14,15)(H,16,17)/b8-6-. The molecule has 0 aromatic rings. The molecule has 0 heterocycles. The second kappa shape index (κ2) is 6.39. The molecule has 17 heavy (non-hydrogen) atoms. The fraction of sp³-hybridized carbons (Fsp3) is 0.667. The van der Waals surface area contributed by atoms with Gasteiger partial charge in [-0.2, -0.15) is 0 Å². The minimum atomic E-state index is -0.946.